The fourth-order valence-corrected chi connectivity index (χ4v) is 4.16. The molecule has 1 saturated heterocycles. The molecule has 0 amide bonds. The average Bonchev–Trinajstić information content (AvgIpc) is 3.33. The van der Waals surface area contributed by atoms with E-state index in [-0.39, 0.29) is 0 Å². The molecule has 1 aliphatic heterocycles. The van der Waals surface area contributed by atoms with Crippen LogP contribution in [0.5, 0.6) is 0 Å². The van der Waals surface area contributed by atoms with Crippen LogP contribution in [-0.4, -0.2) is 34.0 Å². The summed E-state index contributed by atoms with van der Waals surface area (Å²) < 4.78 is 0. The highest BCUT2D eigenvalue weighted by Crippen LogP contribution is 2.38. The molecule has 0 aromatic carbocycles. The van der Waals surface area contributed by atoms with E-state index in [4.69, 9.17) is 0 Å². The Kier molecular flexibility index (Phi) is 4.31. The maximum Gasteiger partial charge on any atom is 0.133 e. The van der Waals surface area contributed by atoms with Crippen LogP contribution in [0.3, 0.4) is 0 Å². The largest absolute Gasteiger partial charge is 0.367 e. The van der Waals surface area contributed by atoms with Gasteiger partial charge in [0.2, 0.25) is 0 Å². The van der Waals surface area contributed by atoms with Gasteiger partial charge in [-0.15, -0.1) is 11.3 Å². The van der Waals surface area contributed by atoms with Crippen molar-refractivity contribution in [2.45, 2.75) is 51.1 Å². The Balaban J connectivity index is 1.28. The third-order valence-corrected chi connectivity index (χ3v) is 5.72. The lowest BCUT2D eigenvalue weighted by atomic mass is 10.1. The van der Waals surface area contributed by atoms with E-state index in [2.05, 4.69) is 39.2 Å². The fraction of sp³-hybridized carbons (Fsp3) is 0.556. The van der Waals surface area contributed by atoms with Crippen molar-refractivity contribution >= 4 is 17.2 Å². The molecule has 0 radical (unpaired) electrons. The van der Waals surface area contributed by atoms with E-state index in [1.165, 1.54) is 35.4 Å². The number of piperidine rings is 1. The molecule has 1 aliphatic carbocycles. The summed E-state index contributed by atoms with van der Waals surface area (Å²) in [6, 6.07) is 7.04. The molecule has 1 saturated carbocycles. The standard InChI is InChI=1S/C18H24N4S/c1-13-2-5-16(23-13)12-22-10-7-15(8-11-22)20-17-6-9-19-18(21-17)14-3-4-14/h2,5-6,9,14-15H,3-4,7-8,10-12H2,1H3,(H,19,20,21). The monoisotopic (exact) mass is 328 g/mol. The number of aryl methyl sites for hydroxylation is 1. The summed E-state index contributed by atoms with van der Waals surface area (Å²) in [5.74, 6) is 2.66. The molecular formula is C18H24N4S. The zero-order chi connectivity index (χ0) is 15.6. The third kappa shape index (κ3) is 3.90. The van der Waals surface area contributed by atoms with Crippen molar-refractivity contribution in [3.8, 4) is 0 Å². The van der Waals surface area contributed by atoms with Gasteiger partial charge in [-0.2, -0.15) is 0 Å². The van der Waals surface area contributed by atoms with Crippen LogP contribution >= 0.6 is 11.3 Å². The minimum Gasteiger partial charge on any atom is -0.367 e. The van der Waals surface area contributed by atoms with E-state index in [1.54, 1.807) is 0 Å². The van der Waals surface area contributed by atoms with Gasteiger partial charge in [0, 0.05) is 47.5 Å². The van der Waals surface area contributed by atoms with Crippen molar-refractivity contribution in [2.75, 3.05) is 18.4 Å². The van der Waals surface area contributed by atoms with Crippen molar-refractivity contribution in [1.29, 1.82) is 0 Å². The van der Waals surface area contributed by atoms with E-state index in [0.29, 0.717) is 12.0 Å². The first-order chi connectivity index (χ1) is 11.3. The van der Waals surface area contributed by atoms with Crippen molar-refractivity contribution in [1.82, 2.24) is 14.9 Å². The Morgan fingerprint density at radius 1 is 1.17 bits per heavy atom. The molecule has 0 atom stereocenters. The molecule has 0 bridgehead atoms. The van der Waals surface area contributed by atoms with Crippen molar-refractivity contribution in [2.24, 2.45) is 0 Å². The number of hydrogen-bond acceptors (Lipinski definition) is 5. The molecule has 23 heavy (non-hydrogen) atoms. The number of hydrogen-bond donors (Lipinski definition) is 1. The lowest BCUT2D eigenvalue weighted by Crippen LogP contribution is -2.38. The smallest absolute Gasteiger partial charge is 0.133 e. The molecule has 0 unspecified atom stereocenters. The SMILES string of the molecule is Cc1ccc(CN2CCC(Nc3ccnc(C4CC4)n3)CC2)s1. The number of likely N-dealkylation sites (tertiary alicyclic amines) is 1. The van der Waals surface area contributed by atoms with Crippen LogP contribution in [0.25, 0.3) is 0 Å². The summed E-state index contributed by atoms with van der Waals surface area (Å²) in [6.07, 6.45) is 6.78. The van der Waals surface area contributed by atoms with Crippen LogP contribution < -0.4 is 5.32 Å². The lowest BCUT2D eigenvalue weighted by Gasteiger charge is -2.32. The highest BCUT2D eigenvalue weighted by Gasteiger charge is 2.27. The van der Waals surface area contributed by atoms with E-state index >= 15 is 0 Å². The number of nitrogens with zero attached hydrogens (tertiary/aromatic N) is 3. The second kappa shape index (κ2) is 6.57. The van der Waals surface area contributed by atoms with E-state index in [9.17, 15) is 0 Å². The molecule has 1 N–H and O–H groups in total. The quantitative estimate of drug-likeness (QED) is 0.906. The topological polar surface area (TPSA) is 41.0 Å². The number of rotatable bonds is 5. The number of aromatic nitrogens is 2. The van der Waals surface area contributed by atoms with Gasteiger partial charge in [-0.05, 0) is 50.8 Å². The van der Waals surface area contributed by atoms with E-state index in [0.717, 1.165) is 31.3 Å². The predicted octanol–water partition coefficient (Wildman–Crippen LogP) is 3.80. The molecule has 2 aromatic rings. The van der Waals surface area contributed by atoms with E-state index in [1.807, 2.05) is 23.6 Å². The minimum atomic E-state index is 0.540. The second-order valence-electron chi connectivity index (χ2n) is 6.78. The molecule has 3 heterocycles. The maximum atomic E-state index is 4.68. The van der Waals surface area contributed by atoms with Gasteiger partial charge in [-0.3, -0.25) is 4.90 Å². The number of anilines is 1. The fourth-order valence-electron chi connectivity index (χ4n) is 3.23. The van der Waals surface area contributed by atoms with Gasteiger partial charge in [-0.1, -0.05) is 0 Å². The summed E-state index contributed by atoms with van der Waals surface area (Å²) in [6.45, 7) is 5.61. The van der Waals surface area contributed by atoms with Crippen LogP contribution in [-0.2, 0) is 6.54 Å². The molecule has 2 aliphatic rings. The second-order valence-corrected chi connectivity index (χ2v) is 8.15. The van der Waals surface area contributed by atoms with E-state index < -0.39 is 0 Å². The highest BCUT2D eigenvalue weighted by molar-refractivity contribution is 7.11. The first-order valence-electron chi connectivity index (χ1n) is 8.63. The Hall–Kier alpha value is -1.46. The summed E-state index contributed by atoms with van der Waals surface area (Å²) in [5.41, 5.74) is 0. The highest BCUT2D eigenvalue weighted by atomic mass is 32.1. The van der Waals surface area contributed by atoms with Crippen molar-refractivity contribution in [3.63, 3.8) is 0 Å². The zero-order valence-corrected chi connectivity index (χ0v) is 14.5. The average molecular weight is 328 g/mol. The van der Waals surface area contributed by atoms with Gasteiger partial charge >= 0.3 is 0 Å². The normalized spacial score (nSPS) is 19.9. The van der Waals surface area contributed by atoms with Crippen LogP contribution in [0.1, 0.15) is 47.2 Å². The zero-order valence-electron chi connectivity index (χ0n) is 13.7. The number of nitrogens with one attached hydrogen (secondary N) is 1. The Morgan fingerprint density at radius 2 is 2.00 bits per heavy atom. The lowest BCUT2D eigenvalue weighted by molar-refractivity contribution is 0.213. The molecule has 122 valence electrons. The molecule has 4 rings (SSSR count). The Bertz CT molecular complexity index is 657. The van der Waals surface area contributed by atoms with Gasteiger partial charge in [0.05, 0.1) is 0 Å². The molecule has 5 heteroatoms. The van der Waals surface area contributed by atoms with Gasteiger partial charge in [0.25, 0.3) is 0 Å². The Labute approximate surface area is 142 Å². The molecular weight excluding hydrogens is 304 g/mol. The summed E-state index contributed by atoms with van der Waals surface area (Å²) in [4.78, 5) is 14.5. The maximum absolute atomic E-state index is 4.68. The predicted molar refractivity (Wildman–Crippen MR) is 95.0 cm³/mol. The van der Waals surface area contributed by atoms with Crippen molar-refractivity contribution in [3.05, 3.63) is 40.0 Å². The third-order valence-electron chi connectivity index (χ3n) is 4.73. The van der Waals surface area contributed by atoms with Crippen LogP contribution in [0.15, 0.2) is 24.4 Å². The number of thiophene rings is 1. The van der Waals surface area contributed by atoms with Gasteiger partial charge in [-0.25, -0.2) is 9.97 Å². The van der Waals surface area contributed by atoms with Gasteiger partial charge in [0.15, 0.2) is 0 Å². The van der Waals surface area contributed by atoms with Gasteiger partial charge < -0.3 is 5.32 Å². The Morgan fingerprint density at radius 3 is 2.70 bits per heavy atom. The van der Waals surface area contributed by atoms with Crippen molar-refractivity contribution < 1.29 is 0 Å². The summed E-state index contributed by atoms with van der Waals surface area (Å²) in [5, 5.41) is 3.62. The minimum absolute atomic E-state index is 0.540. The van der Waals surface area contributed by atoms with Crippen LogP contribution in [0.4, 0.5) is 5.82 Å². The summed E-state index contributed by atoms with van der Waals surface area (Å²) >= 11 is 1.92. The van der Waals surface area contributed by atoms with Gasteiger partial charge in [0.1, 0.15) is 11.6 Å². The first-order valence-corrected chi connectivity index (χ1v) is 9.45. The molecule has 4 nitrogen and oxygen atoms in total. The first kappa shape index (κ1) is 15.1. The molecule has 2 aromatic heterocycles. The van der Waals surface area contributed by atoms with Crippen LogP contribution in [0.2, 0.25) is 0 Å². The molecule has 2 fully saturated rings. The summed E-state index contributed by atoms with van der Waals surface area (Å²) in [7, 11) is 0. The van der Waals surface area contributed by atoms with Crippen LogP contribution in [0, 0.1) is 6.92 Å². The molecule has 0 spiro atoms.